The molecule has 1 fully saturated rings. The maximum absolute atomic E-state index is 11.2. The molecule has 1 aliphatic rings. The first-order valence-electron chi connectivity index (χ1n) is 4.29. The van der Waals surface area contributed by atoms with Gasteiger partial charge in [-0.05, 0) is 12.8 Å². The average Bonchev–Trinajstić information content (AvgIpc) is 3.04. The lowest BCUT2D eigenvalue weighted by Gasteiger charge is -2.05. The highest BCUT2D eigenvalue weighted by atomic mass is 35.5. The zero-order valence-electron chi connectivity index (χ0n) is 7.54. The topological polar surface area (TPSA) is 78.1 Å². The van der Waals surface area contributed by atoms with Crippen LogP contribution in [-0.2, 0) is 4.29 Å². The molecule has 0 unspecified atom stereocenters. The monoisotopic (exact) mass is 247 g/mol. The van der Waals surface area contributed by atoms with Crippen LogP contribution in [0, 0.1) is 0 Å². The van der Waals surface area contributed by atoms with Gasteiger partial charge >= 0.3 is 5.97 Å². The fourth-order valence-corrected chi connectivity index (χ4v) is 1.41. The summed E-state index contributed by atoms with van der Waals surface area (Å²) >= 11 is 10.7. The van der Waals surface area contributed by atoms with E-state index in [2.05, 4.69) is 14.3 Å². The van der Waals surface area contributed by atoms with Gasteiger partial charge in [0.1, 0.15) is 28.5 Å². The number of hydrogen-bond donors (Lipinski definition) is 1. The zero-order valence-corrected chi connectivity index (χ0v) is 9.05. The molecule has 2 N–H and O–H groups in total. The SMILES string of the molecule is Nc1nc(C2CC2)nc(C(=O)OCl)c1Cl. The van der Waals surface area contributed by atoms with Crippen molar-refractivity contribution in [3.8, 4) is 0 Å². The molecule has 7 heteroatoms. The third kappa shape index (κ3) is 1.98. The molecule has 80 valence electrons. The molecule has 1 heterocycles. The number of carbonyl (C=O) groups excluding carboxylic acids is 1. The van der Waals surface area contributed by atoms with Crippen molar-refractivity contribution >= 4 is 35.3 Å². The van der Waals surface area contributed by atoms with Crippen LogP contribution in [0.1, 0.15) is 35.1 Å². The zero-order chi connectivity index (χ0) is 11.0. The van der Waals surface area contributed by atoms with Gasteiger partial charge in [0, 0.05) is 5.92 Å². The third-order valence-electron chi connectivity index (χ3n) is 2.10. The predicted octanol–water partition coefficient (Wildman–Crippen LogP) is 1.90. The van der Waals surface area contributed by atoms with Gasteiger partial charge in [0.15, 0.2) is 5.69 Å². The van der Waals surface area contributed by atoms with Crippen LogP contribution < -0.4 is 5.73 Å². The van der Waals surface area contributed by atoms with Crippen molar-refractivity contribution in [2.75, 3.05) is 5.73 Å². The molecule has 0 aliphatic heterocycles. The maximum Gasteiger partial charge on any atom is 0.376 e. The molecule has 1 aliphatic carbocycles. The van der Waals surface area contributed by atoms with Crippen LogP contribution >= 0.6 is 23.5 Å². The highest BCUT2D eigenvalue weighted by molar-refractivity contribution is 6.35. The van der Waals surface area contributed by atoms with Crippen molar-refractivity contribution in [2.45, 2.75) is 18.8 Å². The second kappa shape index (κ2) is 3.83. The van der Waals surface area contributed by atoms with Crippen molar-refractivity contribution in [3.05, 3.63) is 16.5 Å². The minimum Gasteiger partial charge on any atom is -0.382 e. The molecule has 0 bridgehead atoms. The second-order valence-electron chi connectivity index (χ2n) is 3.27. The first kappa shape index (κ1) is 10.4. The summed E-state index contributed by atoms with van der Waals surface area (Å²) in [5, 5.41) is -0.0231. The quantitative estimate of drug-likeness (QED) is 0.864. The Morgan fingerprint density at radius 2 is 2.13 bits per heavy atom. The number of nitrogens with zero attached hydrogens (tertiary/aromatic N) is 2. The summed E-state index contributed by atoms with van der Waals surface area (Å²) in [4.78, 5) is 19.2. The number of aromatic nitrogens is 2. The highest BCUT2D eigenvalue weighted by Gasteiger charge is 2.29. The second-order valence-corrected chi connectivity index (χ2v) is 3.80. The molecule has 0 aromatic carbocycles. The Kier molecular flexibility index (Phi) is 2.67. The summed E-state index contributed by atoms with van der Waals surface area (Å²) in [7, 11) is 0. The number of nitrogens with two attached hydrogens (primary N) is 1. The van der Waals surface area contributed by atoms with E-state index in [0.717, 1.165) is 12.8 Å². The number of carbonyl (C=O) groups is 1. The molecule has 1 saturated carbocycles. The van der Waals surface area contributed by atoms with Crippen molar-refractivity contribution in [3.63, 3.8) is 0 Å². The molecule has 1 aromatic rings. The van der Waals surface area contributed by atoms with E-state index in [9.17, 15) is 4.79 Å². The van der Waals surface area contributed by atoms with E-state index in [1.54, 1.807) is 0 Å². The molecule has 0 atom stereocenters. The normalized spacial score (nSPS) is 15.1. The number of hydrogen-bond acceptors (Lipinski definition) is 5. The summed E-state index contributed by atoms with van der Waals surface area (Å²) in [6.07, 6.45) is 1.99. The Labute approximate surface area is 95.7 Å². The van der Waals surface area contributed by atoms with E-state index in [1.165, 1.54) is 0 Å². The number of halogens is 2. The van der Waals surface area contributed by atoms with Gasteiger partial charge in [-0.2, -0.15) is 0 Å². The van der Waals surface area contributed by atoms with Crippen molar-refractivity contribution < 1.29 is 9.08 Å². The van der Waals surface area contributed by atoms with Gasteiger partial charge in [-0.25, -0.2) is 14.8 Å². The molecule has 0 amide bonds. The van der Waals surface area contributed by atoms with Crippen LogP contribution in [-0.4, -0.2) is 15.9 Å². The van der Waals surface area contributed by atoms with Gasteiger partial charge in [-0.1, -0.05) is 11.6 Å². The van der Waals surface area contributed by atoms with Crippen LogP contribution in [0.5, 0.6) is 0 Å². The first-order chi connectivity index (χ1) is 7.13. The van der Waals surface area contributed by atoms with Crippen molar-refractivity contribution in [2.24, 2.45) is 0 Å². The van der Waals surface area contributed by atoms with E-state index >= 15 is 0 Å². The van der Waals surface area contributed by atoms with Crippen molar-refractivity contribution in [1.29, 1.82) is 0 Å². The van der Waals surface area contributed by atoms with E-state index in [4.69, 9.17) is 29.2 Å². The maximum atomic E-state index is 11.2. The summed E-state index contributed by atoms with van der Waals surface area (Å²) in [6, 6.07) is 0. The number of rotatable bonds is 2. The molecule has 0 radical (unpaired) electrons. The Balaban J connectivity index is 2.46. The highest BCUT2D eigenvalue weighted by Crippen LogP contribution is 2.39. The Morgan fingerprint density at radius 1 is 1.47 bits per heavy atom. The molecule has 5 nitrogen and oxygen atoms in total. The smallest absolute Gasteiger partial charge is 0.376 e. The lowest BCUT2D eigenvalue weighted by molar-refractivity contribution is 0.0745. The van der Waals surface area contributed by atoms with Gasteiger partial charge in [-0.15, -0.1) is 0 Å². The first-order valence-corrected chi connectivity index (χ1v) is 4.98. The van der Waals surface area contributed by atoms with Crippen LogP contribution in [0.2, 0.25) is 5.02 Å². The van der Waals surface area contributed by atoms with E-state index < -0.39 is 5.97 Å². The van der Waals surface area contributed by atoms with Gasteiger partial charge < -0.3 is 10.0 Å². The van der Waals surface area contributed by atoms with Gasteiger partial charge in [0.2, 0.25) is 0 Å². The summed E-state index contributed by atoms with van der Waals surface area (Å²) in [6.45, 7) is 0. The summed E-state index contributed by atoms with van der Waals surface area (Å²) in [5.74, 6) is 0.0451. The standard InChI is InChI=1S/C8H7Cl2N3O2/c9-4-5(8(14)15-10)12-7(3-1-2-3)13-6(4)11/h3H,1-2H2,(H2,11,12,13). The van der Waals surface area contributed by atoms with E-state index in [1.807, 2.05) is 0 Å². The van der Waals surface area contributed by atoms with Crippen LogP contribution in [0.3, 0.4) is 0 Å². The molecular weight excluding hydrogens is 241 g/mol. The molecule has 1 aromatic heterocycles. The minimum absolute atomic E-state index is 0.0231. The average molecular weight is 248 g/mol. The molecule has 2 rings (SSSR count). The summed E-state index contributed by atoms with van der Waals surface area (Å²) < 4.78 is 4.03. The van der Waals surface area contributed by atoms with E-state index in [0.29, 0.717) is 5.82 Å². The molecular formula is C8H7Cl2N3O2. The van der Waals surface area contributed by atoms with Crippen molar-refractivity contribution in [1.82, 2.24) is 9.97 Å². The Hall–Kier alpha value is -1.07. The van der Waals surface area contributed by atoms with Gasteiger partial charge in [0.25, 0.3) is 0 Å². The summed E-state index contributed by atoms with van der Waals surface area (Å²) in [5.41, 5.74) is 5.46. The Morgan fingerprint density at radius 3 is 2.67 bits per heavy atom. The molecule has 0 saturated heterocycles. The predicted molar refractivity (Wildman–Crippen MR) is 54.7 cm³/mol. The van der Waals surface area contributed by atoms with Gasteiger partial charge in [-0.3, -0.25) is 0 Å². The fraction of sp³-hybridized carbons (Fsp3) is 0.375. The third-order valence-corrected chi connectivity index (χ3v) is 2.61. The fourth-order valence-electron chi connectivity index (χ4n) is 1.18. The number of anilines is 1. The lowest BCUT2D eigenvalue weighted by atomic mass is 10.3. The van der Waals surface area contributed by atoms with Crippen LogP contribution in [0.15, 0.2) is 0 Å². The van der Waals surface area contributed by atoms with Gasteiger partial charge in [0.05, 0.1) is 0 Å². The molecule has 15 heavy (non-hydrogen) atoms. The largest absolute Gasteiger partial charge is 0.382 e. The van der Waals surface area contributed by atoms with Crippen LogP contribution in [0.25, 0.3) is 0 Å². The Bertz CT molecular complexity index is 421. The van der Waals surface area contributed by atoms with E-state index in [-0.39, 0.29) is 22.5 Å². The van der Waals surface area contributed by atoms with Crippen LogP contribution in [0.4, 0.5) is 5.82 Å². The molecule has 0 spiro atoms. The lowest BCUT2D eigenvalue weighted by Crippen LogP contribution is -2.09. The number of nitrogen functional groups attached to an aromatic ring is 1. The minimum atomic E-state index is -0.822.